The Morgan fingerprint density at radius 1 is 0.328 bits per heavy atom. The molecular formula is C61H98O6. The van der Waals surface area contributed by atoms with E-state index in [0.29, 0.717) is 19.3 Å². The van der Waals surface area contributed by atoms with Crippen molar-refractivity contribution < 1.29 is 28.6 Å². The van der Waals surface area contributed by atoms with E-state index in [-0.39, 0.29) is 31.1 Å². The van der Waals surface area contributed by atoms with Gasteiger partial charge in [-0.25, -0.2) is 0 Å². The summed E-state index contributed by atoms with van der Waals surface area (Å²) < 4.78 is 16.8. The normalized spacial score (nSPS) is 13.1. The maximum atomic E-state index is 12.8. The van der Waals surface area contributed by atoms with Gasteiger partial charge in [-0.15, -0.1) is 0 Å². The fourth-order valence-electron chi connectivity index (χ4n) is 7.07. The van der Waals surface area contributed by atoms with Crippen LogP contribution in [0.4, 0.5) is 0 Å². The number of carbonyl (C=O) groups excluding carboxylic acids is 3. The molecule has 0 heterocycles. The summed E-state index contributed by atoms with van der Waals surface area (Å²) in [5.74, 6) is -0.976. The molecular weight excluding hydrogens is 829 g/mol. The highest BCUT2D eigenvalue weighted by molar-refractivity contribution is 5.71. The Morgan fingerprint density at radius 3 is 1.12 bits per heavy atom. The quantitative estimate of drug-likeness (QED) is 0.0199. The summed E-state index contributed by atoms with van der Waals surface area (Å²) in [6.45, 7) is 6.32. The van der Waals surface area contributed by atoms with Gasteiger partial charge in [0.1, 0.15) is 13.2 Å². The first-order valence-corrected chi connectivity index (χ1v) is 27.1. The SMILES string of the molecule is CC\C=C/C=C\C=C/C=C\C=C\C=C/CCCCCC(=O)OCC(COC(=O)CCCCCCC/C=C\CCCCCCCCC)OC(=O)CCCCCCCC/C=C\C/C=C\C/C=C\CC. The Morgan fingerprint density at radius 2 is 0.657 bits per heavy atom. The van der Waals surface area contributed by atoms with Crippen molar-refractivity contribution in [3.63, 3.8) is 0 Å². The van der Waals surface area contributed by atoms with Crippen LogP contribution in [0.25, 0.3) is 0 Å². The number of esters is 3. The summed E-state index contributed by atoms with van der Waals surface area (Å²) in [4.78, 5) is 38.1. The van der Waals surface area contributed by atoms with Gasteiger partial charge in [0.15, 0.2) is 6.10 Å². The summed E-state index contributed by atoms with van der Waals surface area (Å²) in [6, 6.07) is 0. The molecule has 0 fully saturated rings. The third-order valence-corrected chi connectivity index (χ3v) is 11.1. The lowest BCUT2D eigenvalue weighted by atomic mass is 10.1. The molecule has 0 aliphatic carbocycles. The van der Waals surface area contributed by atoms with Crippen LogP contribution in [0, 0.1) is 0 Å². The summed E-state index contributed by atoms with van der Waals surface area (Å²) in [7, 11) is 0. The van der Waals surface area contributed by atoms with E-state index < -0.39 is 6.10 Å². The summed E-state index contributed by atoms with van der Waals surface area (Å²) in [5, 5.41) is 0. The molecule has 0 aliphatic heterocycles. The van der Waals surface area contributed by atoms with Gasteiger partial charge in [0.2, 0.25) is 0 Å². The minimum atomic E-state index is -0.811. The average Bonchev–Trinajstić information content (AvgIpc) is 3.33. The van der Waals surface area contributed by atoms with E-state index in [0.717, 1.165) is 116 Å². The molecule has 1 atom stereocenters. The Labute approximate surface area is 412 Å². The zero-order valence-electron chi connectivity index (χ0n) is 43.1. The van der Waals surface area contributed by atoms with Crippen LogP contribution in [0.3, 0.4) is 0 Å². The zero-order valence-corrected chi connectivity index (χ0v) is 43.1. The lowest BCUT2D eigenvalue weighted by molar-refractivity contribution is -0.167. The van der Waals surface area contributed by atoms with Crippen molar-refractivity contribution in [2.45, 2.75) is 232 Å². The molecule has 6 nitrogen and oxygen atoms in total. The van der Waals surface area contributed by atoms with Crippen molar-refractivity contribution in [1.82, 2.24) is 0 Å². The molecule has 378 valence electrons. The molecule has 0 aromatic carbocycles. The van der Waals surface area contributed by atoms with Crippen LogP contribution >= 0.6 is 0 Å². The second-order valence-electron chi connectivity index (χ2n) is 17.5. The van der Waals surface area contributed by atoms with E-state index >= 15 is 0 Å². The molecule has 67 heavy (non-hydrogen) atoms. The maximum absolute atomic E-state index is 12.8. The number of hydrogen-bond acceptors (Lipinski definition) is 6. The third kappa shape index (κ3) is 52.6. The van der Waals surface area contributed by atoms with Gasteiger partial charge in [0.05, 0.1) is 0 Å². The highest BCUT2D eigenvalue weighted by Crippen LogP contribution is 2.14. The van der Waals surface area contributed by atoms with Gasteiger partial charge < -0.3 is 14.2 Å². The molecule has 0 aromatic rings. The van der Waals surface area contributed by atoms with Gasteiger partial charge in [-0.05, 0) is 96.3 Å². The van der Waals surface area contributed by atoms with Gasteiger partial charge in [-0.2, -0.15) is 0 Å². The third-order valence-electron chi connectivity index (χ3n) is 11.1. The minimum absolute atomic E-state index is 0.106. The fourth-order valence-corrected chi connectivity index (χ4v) is 7.07. The first-order valence-electron chi connectivity index (χ1n) is 27.1. The van der Waals surface area contributed by atoms with Crippen LogP contribution < -0.4 is 0 Å². The van der Waals surface area contributed by atoms with Crippen molar-refractivity contribution >= 4 is 17.9 Å². The summed E-state index contributed by atoms with van der Waals surface area (Å²) in [5.41, 5.74) is 0. The number of allylic oxidation sites excluding steroid dienone is 20. The fraction of sp³-hybridized carbons (Fsp3) is 0.623. The van der Waals surface area contributed by atoms with Gasteiger partial charge in [0, 0.05) is 19.3 Å². The standard InChI is InChI=1S/C61H98O6/c1-4-7-10-13-16-19-22-25-28-31-34-36-39-42-45-48-51-54-60(63)66-57-58(67-61(64)55-52-49-46-43-40-37-33-30-27-24-21-18-15-12-9-6-3)56-65-59(62)53-50-47-44-41-38-35-32-29-26-23-20-17-14-11-8-5-2/h7,9-10,12-13,16,18-19,21-22,25,27-32,34,36,39,58H,4-6,8,11,14-15,17,20,23-24,26,33,35,37-38,40-57H2,1-3H3/b10-7-,12-9-,16-13-,21-18-,22-19-,28-25-,30-27-,32-29-,34-31+,39-36-. The average molecular weight is 927 g/mol. The van der Waals surface area contributed by atoms with Crippen molar-refractivity contribution in [1.29, 1.82) is 0 Å². The van der Waals surface area contributed by atoms with Crippen LogP contribution in [0.15, 0.2) is 122 Å². The summed E-state index contributed by atoms with van der Waals surface area (Å²) in [6.07, 6.45) is 74.6. The van der Waals surface area contributed by atoms with Crippen molar-refractivity contribution in [3.05, 3.63) is 122 Å². The van der Waals surface area contributed by atoms with Crippen LogP contribution in [0.5, 0.6) is 0 Å². The topological polar surface area (TPSA) is 78.9 Å². The van der Waals surface area contributed by atoms with Crippen LogP contribution in [0.2, 0.25) is 0 Å². The highest BCUT2D eigenvalue weighted by atomic mass is 16.6. The van der Waals surface area contributed by atoms with Gasteiger partial charge in [-0.3, -0.25) is 14.4 Å². The maximum Gasteiger partial charge on any atom is 0.306 e. The monoisotopic (exact) mass is 927 g/mol. The van der Waals surface area contributed by atoms with E-state index in [4.69, 9.17) is 14.2 Å². The number of rotatable bonds is 47. The number of unbranched alkanes of at least 4 members (excludes halogenated alkanes) is 21. The van der Waals surface area contributed by atoms with Crippen LogP contribution in [-0.2, 0) is 28.6 Å². The number of ether oxygens (including phenoxy) is 3. The minimum Gasteiger partial charge on any atom is -0.462 e. The molecule has 0 aromatic heterocycles. The predicted octanol–water partition coefficient (Wildman–Crippen LogP) is 18.1. The molecule has 0 radical (unpaired) electrons. The zero-order chi connectivity index (χ0) is 48.6. The molecule has 0 saturated heterocycles. The first-order chi connectivity index (χ1) is 33.0. The Balaban J connectivity index is 4.53. The summed E-state index contributed by atoms with van der Waals surface area (Å²) >= 11 is 0. The van der Waals surface area contributed by atoms with Crippen molar-refractivity contribution in [3.8, 4) is 0 Å². The molecule has 0 bridgehead atoms. The van der Waals surface area contributed by atoms with Crippen molar-refractivity contribution in [2.75, 3.05) is 13.2 Å². The highest BCUT2D eigenvalue weighted by Gasteiger charge is 2.19. The van der Waals surface area contributed by atoms with E-state index in [1.807, 2.05) is 60.8 Å². The van der Waals surface area contributed by atoms with Crippen LogP contribution in [-0.4, -0.2) is 37.2 Å². The second kappa shape index (κ2) is 54.4. The smallest absolute Gasteiger partial charge is 0.306 e. The molecule has 0 spiro atoms. The predicted molar refractivity (Wildman–Crippen MR) is 288 cm³/mol. The molecule has 0 amide bonds. The van der Waals surface area contributed by atoms with E-state index in [2.05, 4.69) is 81.5 Å². The number of hydrogen-bond donors (Lipinski definition) is 0. The van der Waals surface area contributed by atoms with E-state index in [9.17, 15) is 14.4 Å². The first kappa shape index (κ1) is 62.8. The Bertz CT molecular complexity index is 1440. The Hall–Kier alpha value is -4.19. The lowest BCUT2D eigenvalue weighted by Gasteiger charge is -2.18. The molecule has 6 heteroatoms. The van der Waals surface area contributed by atoms with E-state index in [1.165, 1.54) is 70.6 Å². The Kier molecular flexibility index (Phi) is 51.0. The largest absolute Gasteiger partial charge is 0.462 e. The van der Waals surface area contributed by atoms with Crippen LogP contribution in [0.1, 0.15) is 226 Å². The second-order valence-corrected chi connectivity index (χ2v) is 17.5. The van der Waals surface area contributed by atoms with E-state index in [1.54, 1.807) is 0 Å². The lowest BCUT2D eigenvalue weighted by Crippen LogP contribution is -2.30. The van der Waals surface area contributed by atoms with Crippen molar-refractivity contribution in [2.24, 2.45) is 0 Å². The van der Waals surface area contributed by atoms with Gasteiger partial charge >= 0.3 is 17.9 Å². The molecule has 1 unspecified atom stereocenters. The molecule has 0 N–H and O–H groups in total. The van der Waals surface area contributed by atoms with Gasteiger partial charge in [-0.1, -0.05) is 232 Å². The van der Waals surface area contributed by atoms with Gasteiger partial charge in [0.25, 0.3) is 0 Å². The molecule has 0 rings (SSSR count). The molecule has 0 aliphatic rings. The number of carbonyl (C=O) groups is 3. The molecule has 0 saturated carbocycles.